The Balaban J connectivity index is 2.35. The molecule has 1 aliphatic rings. The number of ether oxygens (including phenoxy) is 1. The maximum Gasteiger partial charge on any atom is 0.307 e. The largest absolute Gasteiger partial charge is 0.449 e. The fourth-order valence-corrected chi connectivity index (χ4v) is 0.956. The van der Waals surface area contributed by atoms with Crippen LogP contribution in [0.5, 0.6) is 0 Å². The van der Waals surface area contributed by atoms with Crippen LogP contribution in [0, 0.1) is 11.8 Å². The molecular weight excluding hydrogens is 168 g/mol. The first-order valence-corrected chi connectivity index (χ1v) is 4.24. The Kier molecular flexibility index (Phi) is 3.53. The monoisotopic (exact) mass is 180 g/mol. The van der Waals surface area contributed by atoms with Crippen LogP contribution in [0.15, 0.2) is 12.2 Å². The first-order valence-electron chi connectivity index (χ1n) is 4.24. The highest BCUT2D eigenvalue weighted by molar-refractivity contribution is 5.72. The van der Waals surface area contributed by atoms with Crippen molar-refractivity contribution in [1.29, 1.82) is 0 Å². The third-order valence-electron chi connectivity index (χ3n) is 1.59. The minimum atomic E-state index is -0.486. The Morgan fingerprint density at radius 3 is 3.08 bits per heavy atom. The number of carbonyl (C=O) groups is 1. The number of aliphatic hydroxyl groups excluding tert-OH is 1. The highest BCUT2D eigenvalue weighted by Crippen LogP contribution is 2.11. The minimum absolute atomic E-state index is 0.182. The number of aliphatic hydroxyl groups is 1. The second-order valence-corrected chi connectivity index (χ2v) is 2.91. The lowest BCUT2D eigenvalue weighted by atomic mass is 10.2. The van der Waals surface area contributed by atoms with Gasteiger partial charge in [0.1, 0.15) is 0 Å². The van der Waals surface area contributed by atoms with E-state index in [2.05, 4.69) is 11.8 Å². The molecule has 70 valence electrons. The molecule has 0 amide bonds. The molecular formula is C10H12O3. The van der Waals surface area contributed by atoms with Gasteiger partial charge in [-0.25, -0.2) is 0 Å². The van der Waals surface area contributed by atoms with Gasteiger partial charge in [-0.15, -0.1) is 0 Å². The van der Waals surface area contributed by atoms with Crippen LogP contribution < -0.4 is 0 Å². The van der Waals surface area contributed by atoms with Crippen LogP contribution in [-0.2, 0) is 9.53 Å². The van der Waals surface area contributed by atoms with Crippen molar-refractivity contribution in [3.63, 3.8) is 0 Å². The van der Waals surface area contributed by atoms with Gasteiger partial charge in [0.15, 0.2) is 6.10 Å². The van der Waals surface area contributed by atoms with Gasteiger partial charge in [0.05, 0.1) is 12.5 Å². The Labute approximate surface area is 77.4 Å². The number of allylic oxidation sites excluding steroid dienone is 1. The average molecular weight is 180 g/mol. The van der Waals surface area contributed by atoms with Crippen molar-refractivity contribution in [3.05, 3.63) is 12.2 Å². The molecule has 0 saturated carbocycles. The van der Waals surface area contributed by atoms with Crippen molar-refractivity contribution >= 4 is 5.97 Å². The highest BCUT2D eigenvalue weighted by atomic mass is 16.5. The van der Waals surface area contributed by atoms with E-state index in [1.54, 1.807) is 19.1 Å². The summed E-state index contributed by atoms with van der Waals surface area (Å²) in [7, 11) is 0. The lowest BCUT2D eigenvalue weighted by Crippen LogP contribution is -2.02. The Morgan fingerprint density at radius 2 is 2.54 bits per heavy atom. The molecule has 0 aromatic carbocycles. The maximum absolute atomic E-state index is 10.6. The lowest BCUT2D eigenvalue weighted by Gasteiger charge is -1.96. The van der Waals surface area contributed by atoms with E-state index in [0.29, 0.717) is 12.8 Å². The quantitative estimate of drug-likeness (QED) is 0.475. The third kappa shape index (κ3) is 3.77. The zero-order chi connectivity index (χ0) is 9.68. The van der Waals surface area contributed by atoms with Crippen molar-refractivity contribution in [2.75, 3.05) is 0 Å². The second-order valence-electron chi connectivity index (χ2n) is 2.91. The van der Waals surface area contributed by atoms with Gasteiger partial charge in [-0.3, -0.25) is 4.79 Å². The van der Waals surface area contributed by atoms with Crippen molar-refractivity contribution < 1.29 is 14.6 Å². The highest BCUT2D eigenvalue weighted by Gasteiger charge is 2.20. The van der Waals surface area contributed by atoms with Crippen LogP contribution >= 0.6 is 0 Å². The average Bonchev–Trinajstić information content (AvgIpc) is 2.45. The van der Waals surface area contributed by atoms with Crippen molar-refractivity contribution in [2.45, 2.75) is 32.0 Å². The summed E-state index contributed by atoms with van der Waals surface area (Å²) in [5, 5.41) is 8.85. The fraction of sp³-hybridized carbons (Fsp3) is 0.500. The first-order chi connectivity index (χ1) is 6.18. The summed E-state index contributed by atoms with van der Waals surface area (Å²) in [4.78, 5) is 10.6. The Bertz CT molecular complexity index is 268. The first kappa shape index (κ1) is 9.82. The van der Waals surface area contributed by atoms with Crippen molar-refractivity contribution in [1.82, 2.24) is 0 Å². The molecule has 0 aromatic heterocycles. The standard InChI is InChI=1S/C10H12O3/c1-8(11)4-2-3-5-9-6-7-10(12)13-9/h2,4,8-9,11H,6-7H2,1H3. The van der Waals surface area contributed by atoms with Crippen LogP contribution in [0.3, 0.4) is 0 Å². The number of cyclic esters (lactones) is 1. The molecule has 2 atom stereocenters. The van der Waals surface area contributed by atoms with Gasteiger partial charge in [0.2, 0.25) is 0 Å². The Hall–Kier alpha value is -1.27. The van der Waals surface area contributed by atoms with Gasteiger partial charge in [-0.1, -0.05) is 11.8 Å². The van der Waals surface area contributed by atoms with Crippen LogP contribution in [0.4, 0.5) is 0 Å². The van der Waals surface area contributed by atoms with Gasteiger partial charge in [-0.2, -0.15) is 0 Å². The SMILES string of the molecule is CC(O)C=CC#CC1CCC(=O)O1. The number of hydrogen-bond donors (Lipinski definition) is 1. The van der Waals surface area contributed by atoms with E-state index in [-0.39, 0.29) is 12.1 Å². The molecule has 3 nitrogen and oxygen atoms in total. The second kappa shape index (κ2) is 4.68. The molecule has 0 spiro atoms. The van der Waals surface area contributed by atoms with Gasteiger partial charge in [-0.05, 0) is 19.1 Å². The number of carbonyl (C=O) groups excluding carboxylic acids is 1. The normalized spacial score (nSPS) is 23.8. The summed E-state index contributed by atoms with van der Waals surface area (Å²) in [6.07, 6.45) is 3.53. The molecule has 13 heavy (non-hydrogen) atoms. The van der Waals surface area contributed by atoms with Crippen LogP contribution in [-0.4, -0.2) is 23.3 Å². The lowest BCUT2D eigenvalue weighted by molar-refractivity contribution is -0.139. The zero-order valence-electron chi connectivity index (χ0n) is 7.49. The summed E-state index contributed by atoms with van der Waals surface area (Å²) in [6.45, 7) is 1.65. The molecule has 0 aliphatic carbocycles. The topological polar surface area (TPSA) is 46.5 Å². The van der Waals surface area contributed by atoms with Gasteiger partial charge >= 0.3 is 5.97 Å². The van der Waals surface area contributed by atoms with Crippen LogP contribution in [0.25, 0.3) is 0 Å². The van der Waals surface area contributed by atoms with Crippen LogP contribution in [0.2, 0.25) is 0 Å². The van der Waals surface area contributed by atoms with Crippen molar-refractivity contribution in [3.8, 4) is 11.8 Å². The van der Waals surface area contributed by atoms with E-state index < -0.39 is 6.10 Å². The summed E-state index contributed by atoms with van der Waals surface area (Å²) in [6, 6.07) is 0. The van der Waals surface area contributed by atoms with E-state index in [1.165, 1.54) is 0 Å². The third-order valence-corrected chi connectivity index (χ3v) is 1.59. The molecule has 1 aliphatic heterocycles. The molecule has 0 bridgehead atoms. The minimum Gasteiger partial charge on any atom is -0.449 e. The van der Waals surface area contributed by atoms with Gasteiger partial charge in [0, 0.05) is 6.42 Å². The number of esters is 1. The molecule has 1 heterocycles. The smallest absolute Gasteiger partial charge is 0.307 e. The molecule has 1 N–H and O–H groups in total. The molecule has 0 aromatic rings. The maximum atomic E-state index is 10.6. The molecule has 2 unspecified atom stereocenters. The molecule has 1 rings (SSSR count). The van der Waals surface area contributed by atoms with Crippen molar-refractivity contribution in [2.24, 2.45) is 0 Å². The van der Waals surface area contributed by atoms with Gasteiger partial charge < -0.3 is 9.84 Å². The number of rotatable bonds is 1. The van der Waals surface area contributed by atoms with E-state index in [9.17, 15) is 4.79 Å². The van der Waals surface area contributed by atoms with Crippen LogP contribution in [0.1, 0.15) is 19.8 Å². The summed E-state index contributed by atoms with van der Waals surface area (Å²) in [5.41, 5.74) is 0. The number of hydrogen-bond acceptors (Lipinski definition) is 3. The summed E-state index contributed by atoms with van der Waals surface area (Å²) < 4.78 is 4.86. The Morgan fingerprint density at radius 1 is 1.77 bits per heavy atom. The summed E-state index contributed by atoms with van der Waals surface area (Å²) in [5.74, 6) is 5.31. The van der Waals surface area contributed by atoms with E-state index >= 15 is 0 Å². The zero-order valence-corrected chi connectivity index (χ0v) is 7.49. The predicted molar refractivity (Wildman–Crippen MR) is 47.7 cm³/mol. The van der Waals surface area contributed by atoms with E-state index in [0.717, 1.165) is 0 Å². The van der Waals surface area contributed by atoms with E-state index in [1.807, 2.05) is 0 Å². The molecule has 0 radical (unpaired) electrons. The fourth-order valence-electron chi connectivity index (χ4n) is 0.956. The van der Waals surface area contributed by atoms with E-state index in [4.69, 9.17) is 9.84 Å². The molecule has 1 fully saturated rings. The van der Waals surface area contributed by atoms with Gasteiger partial charge in [0.25, 0.3) is 0 Å². The molecule has 1 saturated heterocycles. The predicted octanol–water partition coefficient (Wildman–Crippen LogP) is 0.632. The molecule has 3 heteroatoms. The summed E-state index contributed by atoms with van der Waals surface area (Å²) >= 11 is 0.